The van der Waals surface area contributed by atoms with E-state index in [2.05, 4.69) is 26.2 Å². The Hall–Kier alpha value is -1.29. The van der Waals surface area contributed by atoms with Crippen LogP contribution in [0.4, 0.5) is 13.2 Å². The lowest BCUT2D eigenvalue weighted by molar-refractivity contribution is -0.157. The number of rotatable bonds is 5. The van der Waals surface area contributed by atoms with E-state index < -0.39 is 18.6 Å². The molecule has 0 aliphatic rings. The molecule has 1 heterocycles. The van der Waals surface area contributed by atoms with Crippen LogP contribution in [-0.4, -0.2) is 62.1 Å². The van der Waals surface area contributed by atoms with Crippen molar-refractivity contribution in [1.29, 1.82) is 0 Å². The molecule has 0 atom stereocenters. The number of likely N-dealkylation sites (N-methyl/N-ethyl adjacent to an activating group) is 1. The van der Waals surface area contributed by atoms with Crippen molar-refractivity contribution in [3.8, 4) is 0 Å². The topological polar surface area (TPSA) is 47.9 Å². The lowest BCUT2D eigenvalue weighted by atomic mass is 10.4. The molecule has 1 aromatic rings. The zero-order valence-electron chi connectivity index (χ0n) is 12.9. The molecule has 23 heavy (non-hydrogen) atoms. The van der Waals surface area contributed by atoms with Crippen molar-refractivity contribution in [3.63, 3.8) is 0 Å². The van der Waals surface area contributed by atoms with Gasteiger partial charge in [-0.15, -0.1) is 11.3 Å². The van der Waals surface area contributed by atoms with Gasteiger partial charge < -0.3 is 15.1 Å². The number of carbonyl (C=O) groups is 1. The van der Waals surface area contributed by atoms with Gasteiger partial charge in [0.05, 0.1) is 16.9 Å². The molecule has 0 aromatic carbocycles. The number of nitrogens with zero attached hydrogens (tertiary/aromatic N) is 3. The highest BCUT2D eigenvalue weighted by molar-refractivity contribution is 9.11. The average Bonchev–Trinajstić information content (AvgIpc) is 2.82. The summed E-state index contributed by atoms with van der Waals surface area (Å²) >= 11 is 4.95. The molecular weight excluding hydrogens is 397 g/mol. The van der Waals surface area contributed by atoms with Gasteiger partial charge in [0, 0.05) is 26.0 Å². The van der Waals surface area contributed by atoms with Crippen molar-refractivity contribution < 1.29 is 18.0 Å². The van der Waals surface area contributed by atoms with Crippen LogP contribution in [0, 0.1) is 0 Å². The van der Waals surface area contributed by atoms with Gasteiger partial charge in [0.15, 0.2) is 5.96 Å². The second kappa shape index (κ2) is 8.53. The first-order valence-electron chi connectivity index (χ1n) is 6.59. The minimum Gasteiger partial charge on any atom is -0.347 e. The van der Waals surface area contributed by atoms with Crippen molar-refractivity contribution in [1.82, 2.24) is 15.1 Å². The van der Waals surface area contributed by atoms with Crippen LogP contribution in [0.3, 0.4) is 0 Å². The Morgan fingerprint density at radius 2 is 2.00 bits per heavy atom. The van der Waals surface area contributed by atoms with Gasteiger partial charge in [0.2, 0.25) is 5.91 Å². The normalized spacial score (nSPS) is 12.2. The summed E-state index contributed by atoms with van der Waals surface area (Å²) in [4.78, 5) is 19.2. The first-order chi connectivity index (χ1) is 10.6. The van der Waals surface area contributed by atoms with Crippen molar-refractivity contribution in [2.24, 2.45) is 4.99 Å². The van der Waals surface area contributed by atoms with E-state index in [0.29, 0.717) is 17.4 Å². The summed E-state index contributed by atoms with van der Waals surface area (Å²) in [6.45, 7) is -0.953. The third-order valence-corrected chi connectivity index (χ3v) is 4.44. The number of hydrogen-bond acceptors (Lipinski definition) is 3. The van der Waals surface area contributed by atoms with Crippen LogP contribution in [0.25, 0.3) is 0 Å². The lowest BCUT2D eigenvalue weighted by Crippen LogP contribution is -2.45. The van der Waals surface area contributed by atoms with Gasteiger partial charge in [-0.05, 0) is 28.1 Å². The number of carbonyl (C=O) groups excluding carboxylic acids is 1. The summed E-state index contributed by atoms with van der Waals surface area (Å²) in [5, 5.41) is 2.77. The van der Waals surface area contributed by atoms with Crippen LogP contribution in [0.2, 0.25) is 0 Å². The highest BCUT2D eigenvalue weighted by Crippen LogP contribution is 2.23. The largest absolute Gasteiger partial charge is 0.406 e. The van der Waals surface area contributed by atoms with Crippen LogP contribution in [-0.2, 0) is 11.3 Å². The SMILES string of the molecule is CN=C(NCC(=O)N(C)CC(F)(F)F)N(C)Cc1ccc(Br)s1. The first kappa shape index (κ1) is 19.8. The number of halogens is 4. The summed E-state index contributed by atoms with van der Waals surface area (Å²) < 4.78 is 37.8. The zero-order valence-corrected chi connectivity index (χ0v) is 15.3. The fourth-order valence-electron chi connectivity index (χ4n) is 1.78. The van der Waals surface area contributed by atoms with Crippen LogP contribution in [0.1, 0.15) is 4.88 Å². The van der Waals surface area contributed by atoms with E-state index >= 15 is 0 Å². The highest BCUT2D eigenvalue weighted by atomic mass is 79.9. The Balaban J connectivity index is 2.51. The van der Waals surface area contributed by atoms with Gasteiger partial charge >= 0.3 is 6.18 Å². The van der Waals surface area contributed by atoms with Crippen LogP contribution in [0.5, 0.6) is 0 Å². The molecule has 0 unspecified atom stereocenters. The molecule has 0 spiro atoms. The number of thiophene rings is 1. The van der Waals surface area contributed by atoms with E-state index in [9.17, 15) is 18.0 Å². The van der Waals surface area contributed by atoms with Crippen molar-refractivity contribution >= 4 is 39.1 Å². The minimum absolute atomic E-state index is 0.252. The Morgan fingerprint density at radius 1 is 1.35 bits per heavy atom. The predicted octanol–water partition coefficient (Wildman–Crippen LogP) is 2.54. The Morgan fingerprint density at radius 3 is 2.48 bits per heavy atom. The van der Waals surface area contributed by atoms with E-state index in [0.717, 1.165) is 15.7 Å². The number of nitrogens with one attached hydrogen (secondary N) is 1. The minimum atomic E-state index is -4.41. The Labute approximate surface area is 145 Å². The smallest absolute Gasteiger partial charge is 0.347 e. The van der Waals surface area contributed by atoms with Crippen molar-refractivity contribution in [3.05, 3.63) is 20.8 Å². The third kappa shape index (κ3) is 7.21. The molecular formula is C13H18BrF3N4OS. The molecule has 0 saturated heterocycles. The second-order valence-corrected chi connectivity index (χ2v) is 7.38. The molecule has 1 N–H and O–H groups in total. The number of guanidine groups is 1. The zero-order chi connectivity index (χ0) is 17.6. The second-order valence-electron chi connectivity index (χ2n) is 4.83. The summed E-state index contributed by atoms with van der Waals surface area (Å²) in [7, 11) is 4.45. The van der Waals surface area contributed by atoms with Gasteiger partial charge in [0.1, 0.15) is 6.54 Å². The number of hydrogen-bond donors (Lipinski definition) is 1. The predicted molar refractivity (Wildman–Crippen MR) is 88.5 cm³/mol. The van der Waals surface area contributed by atoms with Gasteiger partial charge in [-0.25, -0.2) is 0 Å². The maximum atomic E-state index is 12.3. The maximum Gasteiger partial charge on any atom is 0.406 e. The summed E-state index contributed by atoms with van der Waals surface area (Å²) in [6.07, 6.45) is -4.41. The monoisotopic (exact) mass is 414 g/mol. The Bertz CT molecular complexity index is 562. The van der Waals surface area contributed by atoms with Crippen LogP contribution >= 0.6 is 27.3 Å². The van der Waals surface area contributed by atoms with Gasteiger partial charge in [-0.3, -0.25) is 9.79 Å². The molecule has 0 bridgehead atoms. The maximum absolute atomic E-state index is 12.3. The van der Waals surface area contributed by atoms with E-state index in [4.69, 9.17) is 0 Å². The van der Waals surface area contributed by atoms with Gasteiger partial charge in [-0.1, -0.05) is 0 Å². The molecule has 130 valence electrons. The third-order valence-electron chi connectivity index (χ3n) is 2.84. The van der Waals surface area contributed by atoms with E-state index in [1.54, 1.807) is 30.3 Å². The number of aliphatic imine (C=N–C) groups is 1. The van der Waals surface area contributed by atoms with Gasteiger partial charge in [-0.2, -0.15) is 13.2 Å². The van der Waals surface area contributed by atoms with E-state index in [1.807, 2.05) is 12.1 Å². The molecule has 0 fully saturated rings. The quantitative estimate of drug-likeness (QED) is 0.594. The van der Waals surface area contributed by atoms with E-state index in [-0.39, 0.29) is 6.54 Å². The summed E-state index contributed by atoms with van der Waals surface area (Å²) in [5.41, 5.74) is 0. The average molecular weight is 415 g/mol. The number of alkyl halides is 3. The fourth-order valence-corrected chi connectivity index (χ4v) is 3.31. The molecule has 0 aliphatic carbocycles. The molecule has 1 aromatic heterocycles. The van der Waals surface area contributed by atoms with E-state index in [1.165, 1.54) is 0 Å². The van der Waals surface area contributed by atoms with Crippen LogP contribution in [0.15, 0.2) is 20.9 Å². The summed E-state index contributed by atoms with van der Waals surface area (Å²) in [5.74, 6) is -0.223. The molecule has 10 heteroatoms. The highest BCUT2D eigenvalue weighted by Gasteiger charge is 2.31. The van der Waals surface area contributed by atoms with Crippen molar-refractivity contribution in [2.45, 2.75) is 12.7 Å². The molecule has 0 radical (unpaired) electrons. The van der Waals surface area contributed by atoms with Gasteiger partial charge in [0.25, 0.3) is 0 Å². The molecule has 0 aliphatic heterocycles. The molecule has 1 amide bonds. The lowest BCUT2D eigenvalue weighted by Gasteiger charge is -2.23. The molecule has 1 rings (SSSR count). The fraction of sp³-hybridized carbons (Fsp3) is 0.538. The first-order valence-corrected chi connectivity index (χ1v) is 8.20. The number of amides is 1. The molecule has 0 saturated carbocycles. The molecule has 5 nitrogen and oxygen atoms in total. The standard InChI is InChI=1S/C13H18BrF3N4OS/c1-18-12(20(2)7-9-4-5-10(14)23-9)19-6-11(22)21(3)8-13(15,16)17/h4-5H,6-8H2,1-3H3,(H,18,19). The van der Waals surface area contributed by atoms with Crippen molar-refractivity contribution in [2.75, 3.05) is 34.2 Å². The Kier molecular flexibility index (Phi) is 7.33. The van der Waals surface area contributed by atoms with Crippen LogP contribution < -0.4 is 5.32 Å². The summed E-state index contributed by atoms with van der Waals surface area (Å²) in [6, 6.07) is 3.89.